The Bertz CT molecular complexity index is 439. The van der Waals surface area contributed by atoms with E-state index in [9.17, 15) is 0 Å². The summed E-state index contributed by atoms with van der Waals surface area (Å²) in [4.78, 5) is 0. The van der Waals surface area contributed by atoms with Crippen molar-refractivity contribution in [3.63, 3.8) is 0 Å². The summed E-state index contributed by atoms with van der Waals surface area (Å²) < 4.78 is 10.7. The zero-order chi connectivity index (χ0) is 9.97. The number of furan rings is 1. The third-order valence-corrected chi connectivity index (χ3v) is 2.07. The molecule has 1 aromatic heterocycles. The highest BCUT2D eigenvalue weighted by Gasteiger charge is 2.03. The highest BCUT2D eigenvalue weighted by Crippen LogP contribution is 2.26. The number of anilines is 1. The molecule has 0 saturated carbocycles. The lowest BCUT2D eigenvalue weighted by Crippen LogP contribution is -1.93. The standard InChI is InChI=1S/C11H13NO2.ClH/c1-3-12-11-7-8-6-9(13-2)4-5-10(8)14-11;/h4-7,12H,3H2,1-2H3;1H. The zero-order valence-corrected chi connectivity index (χ0v) is 9.56. The highest BCUT2D eigenvalue weighted by molar-refractivity contribution is 5.85. The lowest BCUT2D eigenvalue weighted by molar-refractivity contribution is 0.415. The molecule has 0 amide bonds. The molecule has 15 heavy (non-hydrogen) atoms. The van der Waals surface area contributed by atoms with Gasteiger partial charge in [0.15, 0.2) is 5.88 Å². The van der Waals surface area contributed by atoms with E-state index in [0.717, 1.165) is 29.1 Å². The maximum atomic E-state index is 5.54. The summed E-state index contributed by atoms with van der Waals surface area (Å²) in [5.74, 6) is 1.65. The molecule has 4 heteroatoms. The van der Waals surface area contributed by atoms with Gasteiger partial charge >= 0.3 is 0 Å². The number of halogens is 1. The highest BCUT2D eigenvalue weighted by atomic mass is 35.5. The number of ether oxygens (including phenoxy) is 1. The molecule has 0 aliphatic carbocycles. The summed E-state index contributed by atoms with van der Waals surface area (Å²) in [7, 11) is 1.66. The molecule has 1 aromatic carbocycles. The van der Waals surface area contributed by atoms with Gasteiger partial charge in [0.2, 0.25) is 0 Å². The van der Waals surface area contributed by atoms with Crippen molar-refractivity contribution in [2.45, 2.75) is 6.92 Å². The van der Waals surface area contributed by atoms with Crippen molar-refractivity contribution in [1.82, 2.24) is 0 Å². The van der Waals surface area contributed by atoms with Gasteiger partial charge in [0.05, 0.1) is 7.11 Å². The molecule has 3 nitrogen and oxygen atoms in total. The number of hydrogen-bond acceptors (Lipinski definition) is 3. The molecule has 1 N–H and O–H groups in total. The summed E-state index contributed by atoms with van der Waals surface area (Å²) >= 11 is 0. The molecule has 0 radical (unpaired) electrons. The largest absolute Gasteiger partial charge is 0.497 e. The number of hydrogen-bond donors (Lipinski definition) is 1. The molecule has 0 atom stereocenters. The molecule has 0 unspecified atom stereocenters. The van der Waals surface area contributed by atoms with Gasteiger partial charge in [-0.15, -0.1) is 12.4 Å². The first-order chi connectivity index (χ1) is 6.83. The minimum Gasteiger partial charge on any atom is -0.497 e. The van der Waals surface area contributed by atoms with E-state index < -0.39 is 0 Å². The predicted octanol–water partition coefficient (Wildman–Crippen LogP) is 3.30. The van der Waals surface area contributed by atoms with Crippen LogP contribution < -0.4 is 10.1 Å². The quantitative estimate of drug-likeness (QED) is 0.874. The van der Waals surface area contributed by atoms with Crippen LogP contribution in [0.1, 0.15) is 6.92 Å². The van der Waals surface area contributed by atoms with Gasteiger partial charge < -0.3 is 14.5 Å². The molecule has 82 valence electrons. The number of methoxy groups -OCH3 is 1. The van der Waals surface area contributed by atoms with Crippen molar-refractivity contribution in [3.8, 4) is 5.75 Å². The molecular weight excluding hydrogens is 214 g/mol. The Labute approximate surface area is 94.8 Å². The van der Waals surface area contributed by atoms with Crippen LogP contribution in [0.3, 0.4) is 0 Å². The van der Waals surface area contributed by atoms with Crippen LogP contribution in [0.2, 0.25) is 0 Å². The lowest BCUT2D eigenvalue weighted by atomic mass is 10.2. The molecule has 2 aromatic rings. The van der Waals surface area contributed by atoms with Gasteiger partial charge in [0, 0.05) is 18.0 Å². The van der Waals surface area contributed by atoms with Crippen LogP contribution in [0.25, 0.3) is 11.0 Å². The molecule has 0 aliphatic rings. The van der Waals surface area contributed by atoms with Crippen molar-refractivity contribution in [1.29, 1.82) is 0 Å². The van der Waals surface area contributed by atoms with E-state index in [1.165, 1.54) is 0 Å². The van der Waals surface area contributed by atoms with E-state index in [2.05, 4.69) is 5.32 Å². The second kappa shape index (κ2) is 4.94. The molecule has 0 spiro atoms. The molecule has 0 saturated heterocycles. The average Bonchev–Trinajstić information content (AvgIpc) is 2.59. The smallest absolute Gasteiger partial charge is 0.194 e. The SMILES string of the molecule is CCNc1cc2cc(OC)ccc2o1.Cl. The van der Waals surface area contributed by atoms with Crippen LogP contribution in [-0.4, -0.2) is 13.7 Å². The number of rotatable bonds is 3. The van der Waals surface area contributed by atoms with Crippen LogP contribution in [0.15, 0.2) is 28.7 Å². The molecule has 1 heterocycles. The van der Waals surface area contributed by atoms with Crippen molar-refractivity contribution < 1.29 is 9.15 Å². The number of benzene rings is 1. The molecule has 0 aliphatic heterocycles. The van der Waals surface area contributed by atoms with Crippen molar-refractivity contribution in [3.05, 3.63) is 24.3 Å². The zero-order valence-electron chi connectivity index (χ0n) is 8.74. The maximum Gasteiger partial charge on any atom is 0.194 e. The Morgan fingerprint density at radius 1 is 1.33 bits per heavy atom. The minimum atomic E-state index is 0. The Balaban J connectivity index is 0.00000112. The Hall–Kier alpha value is -1.35. The normalized spacial score (nSPS) is 9.73. The van der Waals surface area contributed by atoms with E-state index in [0.29, 0.717) is 0 Å². The summed E-state index contributed by atoms with van der Waals surface area (Å²) in [6.45, 7) is 2.89. The fraction of sp³-hybridized carbons (Fsp3) is 0.273. The fourth-order valence-electron chi connectivity index (χ4n) is 1.41. The van der Waals surface area contributed by atoms with E-state index in [4.69, 9.17) is 9.15 Å². The lowest BCUT2D eigenvalue weighted by Gasteiger charge is -1.96. The molecule has 2 rings (SSSR count). The van der Waals surface area contributed by atoms with Crippen LogP contribution in [0.4, 0.5) is 5.88 Å². The first-order valence-electron chi connectivity index (χ1n) is 4.65. The Kier molecular flexibility index (Phi) is 3.86. The maximum absolute atomic E-state index is 5.54. The number of fused-ring (bicyclic) bond motifs is 1. The van der Waals surface area contributed by atoms with Crippen LogP contribution in [-0.2, 0) is 0 Å². The third-order valence-electron chi connectivity index (χ3n) is 2.07. The van der Waals surface area contributed by atoms with E-state index >= 15 is 0 Å². The van der Waals surface area contributed by atoms with Gasteiger partial charge in [-0.05, 0) is 25.1 Å². The third kappa shape index (κ3) is 2.36. The second-order valence-electron chi connectivity index (χ2n) is 3.04. The summed E-state index contributed by atoms with van der Waals surface area (Å²) in [6.07, 6.45) is 0. The van der Waals surface area contributed by atoms with E-state index in [1.807, 2.05) is 31.2 Å². The molecule has 0 fully saturated rings. The monoisotopic (exact) mass is 227 g/mol. The molecular formula is C11H14ClNO2. The van der Waals surface area contributed by atoms with Crippen molar-refractivity contribution in [2.75, 3.05) is 19.0 Å². The second-order valence-corrected chi connectivity index (χ2v) is 3.04. The topological polar surface area (TPSA) is 34.4 Å². The average molecular weight is 228 g/mol. The van der Waals surface area contributed by atoms with Gasteiger partial charge in [0.25, 0.3) is 0 Å². The fourth-order valence-corrected chi connectivity index (χ4v) is 1.41. The van der Waals surface area contributed by atoms with E-state index in [1.54, 1.807) is 7.11 Å². The predicted molar refractivity (Wildman–Crippen MR) is 64.2 cm³/mol. The molecule has 0 bridgehead atoms. The Morgan fingerprint density at radius 3 is 2.80 bits per heavy atom. The van der Waals surface area contributed by atoms with E-state index in [-0.39, 0.29) is 12.4 Å². The van der Waals surface area contributed by atoms with Gasteiger partial charge in [-0.25, -0.2) is 0 Å². The first-order valence-corrected chi connectivity index (χ1v) is 4.65. The van der Waals surface area contributed by atoms with Gasteiger partial charge in [-0.2, -0.15) is 0 Å². The summed E-state index contributed by atoms with van der Waals surface area (Å²) in [5, 5.41) is 4.18. The summed E-state index contributed by atoms with van der Waals surface area (Å²) in [6, 6.07) is 7.73. The van der Waals surface area contributed by atoms with Crippen LogP contribution >= 0.6 is 12.4 Å². The van der Waals surface area contributed by atoms with Crippen LogP contribution in [0.5, 0.6) is 5.75 Å². The van der Waals surface area contributed by atoms with Crippen LogP contribution in [0, 0.1) is 0 Å². The van der Waals surface area contributed by atoms with Gasteiger partial charge in [-0.3, -0.25) is 0 Å². The first kappa shape index (κ1) is 11.7. The minimum absolute atomic E-state index is 0. The van der Waals surface area contributed by atoms with Gasteiger partial charge in [0.1, 0.15) is 11.3 Å². The Morgan fingerprint density at radius 2 is 2.13 bits per heavy atom. The van der Waals surface area contributed by atoms with Crippen molar-refractivity contribution >= 4 is 29.3 Å². The van der Waals surface area contributed by atoms with Crippen molar-refractivity contribution in [2.24, 2.45) is 0 Å². The van der Waals surface area contributed by atoms with Gasteiger partial charge in [-0.1, -0.05) is 0 Å². The number of nitrogens with one attached hydrogen (secondary N) is 1. The summed E-state index contributed by atoms with van der Waals surface area (Å²) in [5.41, 5.74) is 0.877.